The molecular formula is C20H19FN2O5. The van der Waals surface area contributed by atoms with Crippen LogP contribution in [0, 0.1) is 5.82 Å². The molecule has 146 valence electrons. The van der Waals surface area contributed by atoms with Crippen molar-refractivity contribution in [3.63, 3.8) is 0 Å². The Hall–Kier alpha value is -3.42. The normalized spacial score (nSPS) is 12.2. The number of ketones is 1. The van der Waals surface area contributed by atoms with Crippen LogP contribution < -0.4 is 20.1 Å². The molecule has 7 nitrogen and oxygen atoms in total. The van der Waals surface area contributed by atoms with Crippen molar-refractivity contribution in [1.82, 2.24) is 0 Å². The van der Waals surface area contributed by atoms with E-state index >= 15 is 0 Å². The quantitative estimate of drug-likeness (QED) is 0.744. The fourth-order valence-corrected chi connectivity index (χ4v) is 2.70. The van der Waals surface area contributed by atoms with Crippen molar-refractivity contribution in [1.29, 1.82) is 0 Å². The predicted molar refractivity (Wildman–Crippen MR) is 100 cm³/mol. The van der Waals surface area contributed by atoms with Crippen LogP contribution in [0.15, 0.2) is 36.4 Å². The average Bonchev–Trinajstić information content (AvgIpc) is 2.68. The van der Waals surface area contributed by atoms with Gasteiger partial charge >= 0.3 is 0 Å². The zero-order valence-electron chi connectivity index (χ0n) is 15.2. The lowest BCUT2D eigenvalue weighted by molar-refractivity contribution is -0.116. The van der Waals surface area contributed by atoms with Crippen LogP contribution in [0.3, 0.4) is 0 Å². The number of Topliss-reactive ketones (excluding diaryl/α,β-unsaturated/α-hetero) is 1. The molecule has 2 aromatic carbocycles. The van der Waals surface area contributed by atoms with Crippen molar-refractivity contribution < 1.29 is 28.2 Å². The summed E-state index contributed by atoms with van der Waals surface area (Å²) in [5.41, 5.74) is 0.704. The van der Waals surface area contributed by atoms with E-state index < -0.39 is 11.7 Å². The van der Waals surface area contributed by atoms with Crippen LogP contribution in [-0.2, 0) is 9.59 Å². The van der Waals surface area contributed by atoms with Crippen LogP contribution >= 0.6 is 0 Å². The number of hydrogen-bond acceptors (Lipinski definition) is 5. The van der Waals surface area contributed by atoms with E-state index in [9.17, 15) is 18.8 Å². The summed E-state index contributed by atoms with van der Waals surface area (Å²) in [5.74, 6) is -0.618. The highest BCUT2D eigenvalue weighted by Gasteiger charge is 2.16. The Balaban J connectivity index is 1.58. The molecule has 0 saturated carbocycles. The molecule has 1 aliphatic heterocycles. The average molecular weight is 386 g/mol. The van der Waals surface area contributed by atoms with Crippen molar-refractivity contribution in [2.75, 3.05) is 23.8 Å². The number of anilines is 2. The van der Waals surface area contributed by atoms with Crippen molar-refractivity contribution in [3.8, 4) is 11.5 Å². The van der Waals surface area contributed by atoms with E-state index in [1.807, 2.05) is 0 Å². The minimum Gasteiger partial charge on any atom is -0.486 e. The van der Waals surface area contributed by atoms with Gasteiger partial charge in [0.25, 0.3) is 0 Å². The second-order valence-corrected chi connectivity index (χ2v) is 6.21. The topological polar surface area (TPSA) is 93.7 Å². The summed E-state index contributed by atoms with van der Waals surface area (Å²) in [5, 5.41) is 4.93. The summed E-state index contributed by atoms with van der Waals surface area (Å²) in [7, 11) is 0. The third-order valence-electron chi connectivity index (χ3n) is 4.00. The van der Waals surface area contributed by atoms with E-state index in [-0.39, 0.29) is 30.2 Å². The zero-order chi connectivity index (χ0) is 20.1. The van der Waals surface area contributed by atoms with Crippen LogP contribution in [0.25, 0.3) is 0 Å². The number of carbonyl (C=O) groups excluding carboxylic acids is 3. The maximum Gasteiger partial charge on any atom is 0.224 e. The molecule has 0 atom stereocenters. The standard InChI is InChI=1S/C20H19FN2O5/c1-12(24)22-14-3-4-15(21)16(11-14)23-20(26)7-5-17(25)13-2-6-18-19(10-13)28-9-8-27-18/h2-4,6,10-11H,5,7-9H2,1H3,(H,22,24)(H,23,26). The van der Waals surface area contributed by atoms with Gasteiger partial charge in [0.05, 0.1) is 5.69 Å². The summed E-state index contributed by atoms with van der Waals surface area (Å²) >= 11 is 0. The minimum absolute atomic E-state index is 0.0432. The van der Waals surface area contributed by atoms with Crippen LogP contribution in [-0.4, -0.2) is 30.8 Å². The zero-order valence-corrected chi connectivity index (χ0v) is 15.2. The molecule has 2 N–H and O–H groups in total. The molecule has 1 heterocycles. The molecule has 2 aromatic rings. The Morgan fingerprint density at radius 1 is 0.964 bits per heavy atom. The van der Waals surface area contributed by atoms with Gasteiger partial charge in [-0.2, -0.15) is 0 Å². The van der Waals surface area contributed by atoms with E-state index in [4.69, 9.17) is 9.47 Å². The first kappa shape index (κ1) is 19.3. The number of nitrogens with one attached hydrogen (secondary N) is 2. The summed E-state index contributed by atoms with van der Waals surface area (Å²) in [6.07, 6.45) is -0.157. The molecule has 2 amide bonds. The summed E-state index contributed by atoms with van der Waals surface area (Å²) in [4.78, 5) is 35.5. The highest BCUT2D eigenvalue weighted by atomic mass is 19.1. The van der Waals surface area contributed by atoms with Gasteiger partial charge in [-0.3, -0.25) is 14.4 Å². The number of ether oxygens (including phenoxy) is 2. The molecule has 0 radical (unpaired) electrons. The van der Waals surface area contributed by atoms with E-state index in [2.05, 4.69) is 10.6 Å². The molecule has 0 spiro atoms. The number of benzene rings is 2. The number of amides is 2. The second-order valence-electron chi connectivity index (χ2n) is 6.21. The number of carbonyl (C=O) groups is 3. The first-order chi connectivity index (χ1) is 13.4. The van der Waals surface area contributed by atoms with Crippen molar-refractivity contribution >= 4 is 29.0 Å². The van der Waals surface area contributed by atoms with Gasteiger partial charge in [0, 0.05) is 31.0 Å². The fourth-order valence-electron chi connectivity index (χ4n) is 2.70. The van der Waals surface area contributed by atoms with E-state index in [1.54, 1.807) is 18.2 Å². The second kappa shape index (κ2) is 8.51. The Morgan fingerprint density at radius 3 is 2.46 bits per heavy atom. The van der Waals surface area contributed by atoms with Crippen LogP contribution in [0.4, 0.5) is 15.8 Å². The largest absolute Gasteiger partial charge is 0.486 e. The van der Waals surface area contributed by atoms with Gasteiger partial charge in [0.2, 0.25) is 11.8 Å². The van der Waals surface area contributed by atoms with E-state index in [0.717, 1.165) is 6.07 Å². The lowest BCUT2D eigenvalue weighted by Crippen LogP contribution is -2.16. The molecule has 0 aliphatic carbocycles. The molecule has 0 fully saturated rings. The molecule has 3 rings (SSSR count). The minimum atomic E-state index is -0.638. The Bertz CT molecular complexity index is 929. The third kappa shape index (κ3) is 4.85. The molecule has 8 heteroatoms. The molecular weight excluding hydrogens is 367 g/mol. The van der Waals surface area contributed by atoms with Gasteiger partial charge in [-0.15, -0.1) is 0 Å². The number of halogens is 1. The Kier molecular flexibility index (Phi) is 5.88. The molecule has 0 unspecified atom stereocenters. The van der Waals surface area contributed by atoms with Crippen LogP contribution in [0.2, 0.25) is 0 Å². The molecule has 0 aromatic heterocycles. The van der Waals surface area contributed by atoms with Gasteiger partial charge < -0.3 is 20.1 Å². The van der Waals surface area contributed by atoms with Gasteiger partial charge in [-0.05, 0) is 36.4 Å². The predicted octanol–water partition coefficient (Wildman–Crippen LogP) is 3.16. The van der Waals surface area contributed by atoms with E-state index in [1.165, 1.54) is 19.1 Å². The number of fused-ring (bicyclic) bond motifs is 1. The van der Waals surface area contributed by atoms with Crippen molar-refractivity contribution in [2.24, 2.45) is 0 Å². The number of hydrogen-bond donors (Lipinski definition) is 2. The summed E-state index contributed by atoms with van der Waals surface area (Å²) in [6, 6.07) is 8.70. The van der Waals surface area contributed by atoms with Crippen LogP contribution in [0.5, 0.6) is 11.5 Å². The molecule has 0 bridgehead atoms. The molecule has 28 heavy (non-hydrogen) atoms. The lowest BCUT2D eigenvalue weighted by atomic mass is 10.1. The van der Waals surface area contributed by atoms with Crippen molar-refractivity contribution in [3.05, 3.63) is 47.8 Å². The maximum atomic E-state index is 13.9. The van der Waals surface area contributed by atoms with Gasteiger partial charge in [0.15, 0.2) is 17.3 Å². The van der Waals surface area contributed by atoms with Crippen LogP contribution in [0.1, 0.15) is 30.1 Å². The van der Waals surface area contributed by atoms with Crippen molar-refractivity contribution in [2.45, 2.75) is 19.8 Å². The maximum absolute atomic E-state index is 13.9. The third-order valence-corrected chi connectivity index (χ3v) is 4.00. The SMILES string of the molecule is CC(=O)Nc1ccc(F)c(NC(=O)CCC(=O)c2ccc3c(c2)OCCO3)c1. The van der Waals surface area contributed by atoms with E-state index in [0.29, 0.717) is 36.0 Å². The number of rotatable bonds is 6. The first-order valence-electron chi connectivity index (χ1n) is 8.72. The Labute approximate surface area is 160 Å². The van der Waals surface area contributed by atoms with Gasteiger partial charge in [0.1, 0.15) is 19.0 Å². The smallest absolute Gasteiger partial charge is 0.224 e. The fraction of sp³-hybridized carbons (Fsp3) is 0.250. The van der Waals surface area contributed by atoms with Gasteiger partial charge in [-0.25, -0.2) is 4.39 Å². The highest BCUT2D eigenvalue weighted by molar-refractivity contribution is 6.00. The highest BCUT2D eigenvalue weighted by Crippen LogP contribution is 2.31. The Morgan fingerprint density at radius 2 is 1.71 bits per heavy atom. The summed E-state index contributed by atoms with van der Waals surface area (Å²) < 4.78 is 24.7. The first-order valence-corrected chi connectivity index (χ1v) is 8.72. The lowest BCUT2D eigenvalue weighted by Gasteiger charge is -2.18. The monoisotopic (exact) mass is 386 g/mol. The van der Waals surface area contributed by atoms with Gasteiger partial charge in [-0.1, -0.05) is 0 Å². The molecule has 0 saturated heterocycles. The summed E-state index contributed by atoms with van der Waals surface area (Å²) in [6.45, 7) is 2.20. The molecule has 1 aliphatic rings.